The predicted octanol–water partition coefficient (Wildman–Crippen LogP) is 2.56. The van der Waals surface area contributed by atoms with Crippen molar-refractivity contribution in [1.29, 1.82) is 0 Å². The average Bonchev–Trinajstić information content (AvgIpc) is 3.13. The van der Waals surface area contributed by atoms with Gasteiger partial charge in [-0.05, 0) is 24.6 Å². The summed E-state index contributed by atoms with van der Waals surface area (Å²) in [6.07, 6.45) is 3.08. The number of amides is 1. The predicted molar refractivity (Wildman–Crippen MR) is 81.6 cm³/mol. The van der Waals surface area contributed by atoms with Crippen LogP contribution in [0.15, 0.2) is 29.1 Å². The summed E-state index contributed by atoms with van der Waals surface area (Å²) < 4.78 is 5.20. The second-order valence-corrected chi connectivity index (χ2v) is 5.47. The molecule has 7 heteroatoms. The molecule has 0 aromatic carbocycles. The fraction of sp³-hybridized carbons (Fsp3) is 0.214. The number of nitrogens with zero attached hydrogens (tertiary/aromatic N) is 2. The van der Waals surface area contributed by atoms with Gasteiger partial charge in [0.25, 0.3) is 5.91 Å². The number of rotatable bonds is 4. The molecule has 0 radical (unpaired) electrons. The number of nitrogens with one attached hydrogen (secondary N) is 2. The van der Waals surface area contributed by atoms with Crippen LogP contribution in [0.25, 0.3) is 10.2 Å². The zero-order valence-corrected chi connectivity index (χ0v) is 12.5. The van der Waals surface area contributed by atoms with Crippen molar-refractivity contribution in [2.24, 2.45) is 0 Å². The Bertz CT molecular complexity index is 780. The van der Waals surface area contributed by atoms with Crippen molar-refractivity contribution >= 4 is 33.3 Å². The Morgan fingerprint density at radius 1 is 1.43 bits per heavy atom. The maximum Gasteiger partial charge on any atom is 0.262 e. The van der Waals surface area contributed by atoms with E-state index in [1.807, 2.05) is 13.0 Å². The van der Waals surface area contributed by atoms with Crippen molar-refractivity contribution in [3.63, 3.8) is 0 Å². The molecular weight excluding hydrogens is 288 g/mol. The van der Waals surface area contributed by atoms with Crippen LogP contribution >= 0.6 is 11.3 Å². The van der Waals surface area contributed by atoms with Gasteiger partial charge < -0.3 is 15.1 Å². The number of aromatic nitrogens is 2. The highest BCUT2D eigenvalue weighted by atomic mass is 32.1. The minimum Gasteiger partial charge on any atom is -0.467 e. The van der Waals surface area contributed by atoms with Crippen LogP contribution in [0, 0.1) is 6.92 Å². The van der Waals surface area contributed by atoms with Crippen LogP contribution in [0.2, 0.25) is 0 Å². The first-order chi connectivity index (χ1) is 10.2. The highest BCUT2D eigenvalue weighted by molar-refractivity contribution is 7.20. The van der Waals surface area contributed by atoms with E-state index in [-0.39, 0.29) is 5.91 Å². The second-order valence-electron chi connectivity index (χ2n) is 4.47. The average molecular weight is 302 g/mol. The van der Waals surface area contributed by atoms with Crippen LogP contribution in [0.1, 0.15) is 21.0 Å². The SMILES string of the molecule is CNc1ncnc2sc(C(=O)NCc3ccco3)c(C)c12. The van der Waals surface area contributed by atoms with Gasteiger partial charge in [-0.15, -0.1) is 11.3 Å². The number of hydrogen-bond donors (Lipinski definition) is 2. The van der Waals surface area contributed by atoms with Crippen molar-refractivity contribution in [2.45, 2.75) is 13.5 Å². The fourth-order valence-corrected chi connectivity index (χ4v) is 3.20. The molecule has 0 aliphatic carbocycles. The first-order valence-electron chi connectivity index (χ1n) is 6.43. The fourth-order valence-electron chi connectivity index (χ4n) is 2.14. The van der Waals surface area contributed by atoms with E-state index in [4.69, 9.17) is 4.42 Å². The molecule has 0 aliphatic heterocycles. The molecule has 0 fully saturated rings. The number of carbonyl (C=O) groups is 1. The lowest BCUT2D eigenvalue weighted by Crippen LogP contribution is -2.22. The molecule has 3 heterocycles. The van der Waals surface area contributed by atoms with Crippen molar-refractivity contribution in [3.05, 3.63) is 40.9 Å². The van der Waals surface area contributed by atoms with Gasteiger partial charge in [0, 0.05) is 7.05 Å². The van der Waals surface area contributed by atoms with E-state index in [0.717, 1.165) is 27.4 Å². The van der Waals surface area contributed by atoms with Gasteiger partial charge in [0.2, 0.25) is 0 Å². The van der Waals surface area contributed by atoms with Gasteiger partial charge in [-0.3, -0.25) is 4.79 Å². The standard InChI is InChI=1S/C14H14N4O2S/c1-8-10-12(15-2)17-7-18-14(10)21-11(8)13(19)16-6-9-4-3-5-20-9/h3-5,7H,6H2,1-2H3,(H,16,19)(H,15,17,18). The largest absolute Gasteiger partial charge is 0.467 e. The number of anilines is 1. The molecular formula is C14H14N4O2S. The number of fused-ring (bicyclic) bond motifs is 1. The van der Waals surface area contributed by atoms with E-state index < -0.39 is 0 Å². The van der Waals surface area contributed by atoms with Crippen molar-refractivity contribution < 1.29 is 9.21 Å². The second kappa shape index (κ2) is 5.53. The number of aryl methyl sites for hydroxylation is 1. The van der Waals surface area contributed by atoms with Gasteiger partial charge in [0.15, 0.2) is 0 Å². The van der Waals surface area contributed by atoms with E-state index >= 15 is 0 Å². The van der Waals surface area contributed by atoms with E-state index in [9.17, 15) is 4.79 Å². The van der Waals surface area contributed by atoms with Crippen LogP contribution in [-0.4, -0.2) is 22.9 Å². The Labute approximate surface area is 125 Å². The van der Waals surface area contributed by atoms with Crippen molar-refractivity contribution in [1.82, 2.24) is 15.3 Å². The number of hydrogen-bond acceptors (Lipinski definition) is 6. The molecule has 6 nitrogen and oxygen atoms in total. The summed E-state index contributed by atoms with van der Waals surface area (Å²) in [5, 5.41) is 6.77. The van der Waals surface area contributed by atoms with E-state index in [2.05, 4.69) is 20.6 Å². The Hall–Kier alpha value is -2.41. The first kappa shape index (κ1) is 13.6. The highest BCUT2D eigenvalue weighted by Crippen LogP contribution is 2.32. The monoisotopic (exact) mass is 302 g/mol. The molecule has 3 aromatic rings. The summed E-state index contributed by atoms with van der Waals surface area (Å²) in [6, 6.07) is 3.61. The van der Waals surface area contributed by atoms with Crippen LogP contribution in [0.5, 0.6) is 0 Å². The van der Waals surface area contributed by atoms with Gasteiger partial charge in [0.05, 0.1) is 23.1 Å². The molecule has 0 unspecified atom stereocenters. The third kappa shape index (κ3) is 2.47. The maximum atomic E-state index is 12.3. The Kier molecular flexibility index (Phi) is 3.57. The van der Waals surface area contributed by atoms with Crippen LogP contribution in [-0.2, 0) is 6.54 Å². The summed E-state index contributed by atoms with van der Waals surface area (Å²) in [7, 11) is 1.80. The molecule has 0 spiro atoms. The Morgan fingerprint density at radius 2 is 2.29 bits per heavy atom. The van der Waals surface area contributed by atoms with Gasteiger partial charge in [-0.1, -0.05) is 0 Å². The number of thiophene rings is 1. The number of furan rings is 1. The lowest BCUT2D eigenvalue weighted by Gasteiger charge is -2.03. The topological polar surface area (TPSA) is 80.0 Å². The molecule has 0 bridgehead atoms. The van der Waals surface area contributed by atoms with E-state index in [1.54, 1.807) is 19.4 Å². The van der Waals surface area contributed by atoms with Crippen molar-refractivity contribution in [3.8, 4) is 0 Å². The lowest BCUT2D eigenvalue weighted by molar-refractivity contribution is 0.0951. The van der Waals surface area contributed by atoms with Crippen LogP contribution in [0.4, 0.5) is 5.82 Å². The minimum atomic E-state index is -0.131. The molecule has 0 aliphatic rings. The van der Waals surface area contributed by atoms with Gasteiger partial charge in [0.1, 0.15) is 22.7 Å². The first-order valence-corrected chi connectivity index (χ1v) is 7.24. The Morgan fingerprint density at radius 3 is 3.00 bits per heavy atom. The summed E-state index contributed by atoms with van der Waals surface area (Å²) in [6.45, 7) is 2.27. The summed E-state index contributed by atoms with van der Waals surface area (Å²) in [5.41, 5.74) is 0.886. The molecule has 108 valence electrons. The molecule has 0 saturated carbocycles. The normalized spacial score (nSPS) is 10.8. The molecule has 0 atom stereocenters. The lowest BCUT2D eigenvalue weighted by atomic mass is 10.2. The smallest absolute Gasteiger partial charge is 0.262 e. The van der Waals surface area contributed by atoms with E-state index in [0.29, 0.717) is 11.4 Å². The number of carbonyl (C=O) groups excluding carboxylic acids is 1. The van der Waals surface area contributed by atoms with Crippen LogP contribution in [0.3, 0.4) is 0 Å². The van der Waals surface area contributed by atoms with Crippen molar-refractivity contribution in [2.75, 3.05) is 12.4 Å². The highest BCUT2D eigenvalue weighted by Gasteiger charge is 2.18. The Balaban J connectivity index is 1.89. The quantitative estimate of drug-likeness (QED) is 0.774. The van der Waals surface area contributed by atoms with Gasteiger partial charge in [-0.2, -0.15) is 0 Å². The molecule has 0 saturated heterocycles. The maximum absolute atomic E-state index is 12.3. The molecule has 1 amide bonds. The zero-order chi connectivity index (χ0) is 14.8. The summed E-state index contributed by atoms with van der Waals surface area (Å²) in [5.74, 6) is 1.32. The zero-order valence-electron chi connectivity index (χ0n) is 11.6. The molecule has 3 aromatic heterocycles. The summed E-state index contributed by atoms with van der Waals surface area (Å²) >= 11 is 1.36. The van der Waals surface area contributed by atoms with Crippen LogP contribution < -0.4 is 10.6 Å². The molecule has 3 rings (SSSR count). The third-order valence-corrected chi connectivity index (χ3v) is 4.37. The minimum absolute atomic E-state index is 0.131. The molecule has 2 N–H and O–H groups in total. The van der Waals surface area contributed by atoms with Gasteiger partial charge >= 0.3 is 0 Å². The third-order valence-electron chi connectivity index (χ3n) is 3.17. The van der Waals surface area contributed by atoms with Gasteiger partial charge in [-0.25, -0.2) is 9.97 Å². The van der Waals surface area contributed by atoms with E-state index in [1.165, 1.54) is 17.7 Å². The summed E-state index contributed by atoms with van der Waals surface area (Å²) in [4.78, 5) is 22.2. The molecule has 21 heavy (non-hydrogen) atoms.